The number of anilines is 2. The molecule has 0 unspecified atom stereocenters. The van der Waals surface area contributed by atoms with Crippen molar-refractivity contribution in [1.29, 1.82) is 0 Å². The van der Waals surface area contributed by atoms with Crippen LogP contribution in [0.15, 0.2) is 30.3 Å². The second kappa shape index (κ2) is 8.36. The monoisotopic (exact) mass is 465 g/mol. The highest BCUT2D eigenvalue weighted by Crippen LogP contribution is 2.33. The molecule has 0 radical (unpaired) electrons. The molecular formula is C21H18ClF2N3O5. The number of benzene rings is 2. The number of aliphatic hydroxyl groups is 1. The summed E-state index contributed by atoms with van der Waals surface area (Å²) in [4.78, 5) is 37.7. The van der Waals surface area contributed by atoms with Crippen LogP contribution in [0.1, 0.15) is 24.0 Å². The Labute approximate surface area is 186 Å². The molecule has 3 N–H and O–H groups in total. The van der Waals surface area contributed by atoms with Crippen molar-refractivity contribution in [3.8, 4) is 0 Å². The first kappa shape index (κ1) is 22.0. The van der Waals surface area contributed by atoms with Gasteiger partial charge in [-0.05, 0) is 36.2 Å². The van der Waals surface area contributed by atoms with E-state index in [9.17, 15) is 28.3 Å². The van der Waals surface area contributed by atoms with Crippen LogP contribution in [0.2, 0.25) is 5.02 Å². The molecule has 0 spiro atoms. The molecule has 2 aromatic carbocycles. The molecule has 2 aromatic rings. The van der Waals surface area contributed by atoms with E-state index >= 15 is 0 Å². The molecule has 0 aromatic heterocycles. The van der Waals surface area contributed by atoms with Crippen LogP contribution in [0.5, 0.6) is 0 Å². The molecule has 11 heteroatoms. The van der Waals surface area contributed by atoms with Gasteiger partial charge in [0, 0.05) is 48.9 Å². The number of hydrogen-bond acceptors (Lipinski definition) is 5. The van der Waals surface area contributed by atoms with E-state index in [2.05, 4.69) is 10.6 Å². The average Bonchev–Trinajstić information content (AvgIpc) is 3.03. The predicted molar refractivity (Wildman–Crippen MR) is 110 cm³/mol. The number of hydrogen-bond donors (Lipinski definition) is 3. The number of nitrogens with one attached hydrogen (secondary N) is 2. The van der Waals surface area contributed by atoms with Crippen LogP contribution in [-0.2, 0) is 27.3 Å². The molecule has 0 aliphatic carbocycles. The number of ether oxygens (including phenoxy) is 1. The second-order valence-electron chi connectivity index (χ2n) is 7.48. The zero-order valence-electron chi connectivity index (χ0n) is 16.6. The van der Waals surface area contributed by atoms with Crippen molar-refractivity contribution >= 4 is 40.9 Å². The zero-order valence-corrected chi connectivity index (χ0v) is 17.3. The van der Waals surface area contributed by atoms with Gasteiger partial charge < -0.3 is 25.4 Å². The van der Waals surface area contributed by atoms with Gasteiger partial charge >= 0.3 is 6.09 Å². The lowest BCUT2D eigenvalue weighted by molar-refractivity contribution is -0.175. The van der Waals surface area contributed by atoms with Crippen molar-refractivity contribution in [2.45, 2.75) is 31.6 Å². The molecule has 1 saturated heterocycles. The third-order valence-electron chi connectivity index (χ3n) is 5.32. The summed E-state index contributed by atoms with van der Waals surface area (Å²) in [6.45, 7) is -0.300. The van der Waals surface area contributed by atoms with Gasteiger partial charge in [-0.25, -0.2) is 13.6 Å². The topological polar surface area (TPSA) is 108 Å². The van der Waals surface area contributed by atoms with E-state index in [1.54, 1.807) is 18.2 Å². The highest BCUT2D eigenvalue weighted by atomic mass is 35.5. The first-order valence-corrected chi connectivity index (χ1v) is 10.1. The number of carbonyl (C=O) groups is 3. The molecule has 0 bridgehead atoms. The number of halogens is 3. The number of nitrogens with zero attached hydrogens (tertiary/aromatic N) is 1. The first-order chi connectivity index (χ1) is 15.2. The van der Waals surface area contributed by atoms with Gasteiger partial charge in [0.05, 0.1) is 5.02 Å². The predicted octanol–water partition coefficient (Wildman–Crippen LogP) is 2.85. The number of carbonyl (C=O) groups excluding carboxylic acids is 3. The highest BCUT2D eigenvalue weighted by molar-refractivity contribution is 6.30. The Balaban J connectivity index is 1.41. The zero-order chi connectivity index (χ0) is 23.0. The van der Waals surface area contributed by atoms with Gasteiger partial charge in [0.2, 0.25) is 5.91 Å². The maximum absolute atomic E-state index is 13.8. The van der Waals surface area contributed by atoms with Crippen molar-refractivity contribution in [3.05, 3.63) is 58.1 Å². The summed E-state index contributed by atoms with van der Waals surface area (Å²) >= 11 is 5.61. The van der Waals surface area contributed by atoms with Gasteiger partial charge in [0.1, 0.15) is 11.6 Å². The Bertz CT molecular complexity index is 1130. The Kier molecular flexibility index (Phi) is 5.74. The van der Waals surface area contributed by atoms with Crippen molar-refractivity contribution in [2.75, 3.05) is 16.8 Å². The van der Waals surface area contributed by atoms with Gasteiger partial charge in [0.25, 0.3) is 11.7 Å². The first-order valence-electron chi connectivity index (χ1n) is 9.74. The molecule has 1 fully saturated rings. The summed E-state index contributed by atoms with van der Waals surface area (Å²) in [5.41, 5.74) is 1.91. The summed E-state index contributed by atoms with van der Waals surface area (Å²) in [5, 5.41) is 15.2. The summed E-state index contributed by atoms with van der Waals surface area (Å²) in [6.07, 6.45) is -0.485. The molecule has 2 heterocycles. The Hall–Kier alpha value is -3.24. The van der Waals surface area contributed by atoms with Gasteiger partial charge in [-0.2, -0.15) is 0 Å². The lowest BCUT2D eigenvalue weighted by Crippen LogP contribution is -2.46. The van der Waals surface area contributed by atoms with Gasteiger partial charge in [-0.1, -0.05) is 11.6 Å². The molecule has 0 saturated carbocycles. The standard InChI is InChI=1S/C21H18ClF2N3O5/c22-14-8-12(15(23)9-16(14)24)10-25-20(30)32-21(31)5-6-27(19(21)29)13-2-3-17-11(7-13)1-4-18(28)26-17/h2-3,7-9,31H,1,4-6,10H2,(H,25,30)(H,26,28)/t21-/m0/s1. The Morgan fingerprint density at radius 1 is 1.22 bits per heavy atom. The quantitative estimate of drug-likeness (QED) is 0.475. The lowest BCUT2D eigenvalue weighted by Gasteiger charge is -2.24. The lowest BCUT2D eigenvalue weighted by atomic mass is 10.0. The summed E-state index contributed by atoms with van der Waals surface area (Å²) < 4.78 is 31.9. The fourth-order valence-electron chi connectivity index (χ4n) is 3.62. The minimum atomic E-state index is -2.40. The number of fused-ring (bicyclic) bond motifs is 1. The summed E-state index contributed by atoms with van der Waals surface area (Å²) in [5.74, 6) is -5.17. The Morgan fingerprint density at radius 2 is 2.00 bits per heavy atom. The van der Waals surface area contributed by atoms with E-state index in [0.717, 1.165) is 11.6 Å². The summed E-state index contributed by atoms with van der Waals surface area (Å²) in [7, 11) is 0. The fourth-order valence-corrected chi connectivity index (χ4v) is 3.80. The minimum absolute atomic E-state index is 0.0842. The maximum Gasteiger partial charge on any atom is 0.410 e. The largest absolute Gasteiger partial charge is 0.410 e. The molecule has 1 atom stereocenters. The third kappa shape index (κ3) is 4.23. The van der Waals surface area contributed by atoms with Gasteiger partial charge in [-0.15, -0.1) is 0 Å². The van der Waals surface area contributed by atoms with Crippen LogP contribution in [0.4, 0.5) is 25.0 Å². The van der Waals surface area contributed by atoms with Crippen LogP contribution >= 0.6 is 11.6 Å². The molecule has 3 amide bonds. The highest BCUT2D eigenvalue weighted by Gasteiger charge is 2.49. The van der Waals surface area contributed by atoms with Crippen molar-refractivity contribution in [1.82, 2.24) is 5.32 Å². The van der Waals surface area contributed by atoms with E-state index in [0.29, 0.717) is 30.3 Å². The van der Waals surface area contributed by atoms with Crippen LogP contribution in [0.25, 0.3) is 0 Å². The van der Waals surface area contributed by atoms with Crippen LogP contribution < -0.4 is 15.5 Å². The number of rotatable bonds is 4. The average molecular weight is 466 g/mol. The molecule has 168 valence electrons. The maximum atomic E-state index is 13.8. The Morgan fingerprint density at radius 3 is 2.78 bits per heavy atom. The smallest absolute Gasteiger partial charge is 0.407 e. The molecule has 2 aliphatic heterocycles. The molecular weight excluding hydrogens is 448 g/mol. The number of alkyl carbamates (subject to hydrolysis) is 1. The van der Waals surface area contributed by atoms with Crippen LogP contribution in [0.3, 0.4) is 0 Å². The number of amides is 3. The van der Waals surface area contributed by atoms with E-state index in [1.165, 1.54) is 4.90 Å². The van der Waals surface area contributed by atoms with Crippen molar-refractivity contribution in [3.63, 3.8) is 0 Å². The van der Waals surface area contributed by atoms with E-state index in [1.807, 2.05) is 0 Å². The van der Waals surface area contributed by atoms with Crippen LogP contribution in [-0.4, -0.2) is 35.3 Å². The normalized spacial score (nSPS) is 20.1. The SMILES string of the molecule is O=C1CCc2cc(N3CC[C@](O)(OC(=O)NCc4cc(Cl)c(F)cc4F)C3=O)ccc2N1. The third-order valence-corrected chi connectivity index (χ3v) is 5.61. The number of aryl methyl sites for hydroxylation is 1. The molecule has 2 aliphatic rings. The summed E-state index contributed by atoms with van der Waals surface area (Å²) in [6, 6.07) is 6.62. The second-order valence-corrected chi connectivity index (χ2v) is 7.89. The van der Waals surface area contributed by atoms with Gasteiger partial charge in [-0.3, -0.25) is 9.59 Å². The molecule has 4 rings (SSSR count). The van der Waals surface area contributed by atoms with E-state index in [-0.39, 0.29) is 29.5 Å². The van der Waals surface area contributed by atoms with E-state index in [4.69, 9.17) is 16.3 Å². The van der Waals surface area contributed by atoms with E-state index < -0.39 is 36.0 Å². The van der Waals surface area contributed by atoms with Crippen molar-refractivity contribution < 1.29 is 33.0 Å². The van der Waals surface area contributed by atoms with Crippen LogP contribution in [0, 0.1) is 11.6 Å². The fraction of sp³-hybridized carbons (Fsp3) is 0.286. The molecule has 32 heavy (non-hydrogen) atoms. The van der Waals surface area contributed by atoms with Gasteiger partial charge in [0.15, 0.2) is 0 Å². The minimum Gasteiger partial charge on any atom is -0.407 e. The molecule has 8 nitrogen and oxygen atoms in total. The van der Waals surface area contributed by atoms with Crippen molar-refractivity contribution in [2.24, 2.45) is 0 Å².